The lowest BCUT2D eigenvalue weighted by atomic mass is 10.1. The third-order valence-electron chi connectivity index (χ3n) is 4.09. The summed E-state index contributed by atoms with van der Waals surface area (Å²) in [6, 6.07) is 5.76. The lowest BCUT2D eigenvalue weighted by Gasteiger charge is -2.16. The van der Waals surface area contributed by atoms with Crippen LogP contribution in [0.15, 0.2) is 33.5 Å². The third-order valence-corrected chi connectivity index (χ3v) is 4.09. The van der Waals surface area contributed by atoms with Crippen LogP contribution in [-0.4, -0.2) is 38.7 Å². The second-order valence-electron chi connectivity index (χ2n) is 5.51. The molecule has 3 rings (SSSR count). The summed E-state index contributed by atoms with van der Waals surface area (Å²) in [5.41, 5.74) is -0.169. The Labute approximate surface area is 154 Å². The lowest BCUT2D eigenvalue weighted by molar-refractivity contribution is 0.312. The first kappa shape index (κ1) is 18.2. The maximum Gasteiger partial charge on any atom is 0.211 e. The Hall–Kier alpha value is -3.55. The van der Waals surface area contributed by atoms with Gasteiger partial charge in [0.15, 0.2) is 28.3 Å². The Bertz CT molecular complexity index is 1070. The van der Waals surface area contributed by atoms with Crippen LogP contribution in [0.1, 0.15) is 0 Å². The zero-order valence-electron chi connectivity index (χ0n) is 15.2. The molecule has 0 aliphatic heterocycles. The molecule has 0 bridgehead atoms. The highest BCUT2D eigenvalue weighted by atomic mass is 16.5. The Morgan fingerprint density at radius 1 is 0.852 bits per heavy atom. The van der Waals surface area contributed by atoms with E-state index >= 15 is 0 Å². The van der Waals surface area contributed by atoms with Gasteiger partial charge >= 0.3 is 0 Å². The number of hydrogen-bond donors (Lipinski definition) is 2. The highest BCUT2D eigenvalue weighted by Gasteiger charge is 2.26. The summed E-state index contributed by atoms with van der Waals surface area (Å²) >= 11 is 0. The van der Waals surface area contributed by atoms with Gasteiger partial charge in [0.1, 0.15) is 11.1 Å². The monoisotopic (exact) mass is 374 g/mol. The molecule has 0 spiro atoms. The fourth-order valence-electron chi connectivity index (χ4n) is 2.86. The normalized spacial score (nSPS) is 10.7. The van der Waals surface area contributed by atoms with Crippen molar-refractivity contribution in [1.29, 1.82) is 0 Å². The number of methoxy groups -OCH3 is 4. The minimum absolute atomic E-state index is 0.00846. The van der Waals surface area contributed by atoms with E-state index in [-0.39, 0.29) is 45.5 Å². The van der Waals surface area contributed by atoms with E-state index < -0.39 is 11.2 Å². The molecular formula is C19H18O8. The molecular weight excluding hydrogens is 356 g/mol. The first-order valence-electron chi connectivity index (χ1n) is 7.82. The molecule has 1 heterocycles. The van der Waals surface area contributed by atoms with E-state index in [1.807, 2.05) is 0 Å². The fraction of sp³-hybridized carbons (Fsp3) is 0.211. The molecule has 2 N–H and O–H groups in total. The van der Waals surface area contributed by atoms with Crippen LogP contribution >= 0.6 is 0 Å². The number of fused-ring (bicyclic) bond motifs is 1. The number of phenols is 2. The Kier molecular flexibility index (Phi) is 4.72. The van der Waals surface area contributed by atoms with Gasteiger partial charge in [0, 0.05) is 11.6 Å². The van der Waals surface area contributed by atoms with Crippen LogP contribution < -0.4 is 24.4 Å². The van der Waals surface area contributed by atoms with Gasteiger partial charge in [-0.15, -0.1) is 0 Å². The molecule has 0 amide bonds. The zero-order valence-corrected chi connectivity index (χ0v) is 15.2. The molecule has 0 unspecified atom stereocenters. The molecule has 8 heteroatoms. The Balaban J connectivity index is 2.36. The number of aromatic hydroxyl groups is 2. The second-order valence-corrected chi connectivity index (χ2v) is 5.51. The molecule has 0 aliphatic carbocycles. The largest absolute Gasteiger partial charge is 0.504 e. The van der Waals surface area contributed by atoms with Crippen molar-refractivity contribution < 1.29 is 33.6 Å². The number of rotatable bonds is 5. The standard InChI is InChI=1S/C19H18O8/c1-23-12-6-5-9(7-10(12)20)13-8-11(21)14-16(27-13)15(22)18(25-3)19(26-4)17(14)24-2/h5-8,20,22H,1-4H3. The predicted molar refractivity (Wildman–Crippen MR) is 97.5 cm³/mol. The highest BCUT2D eigenvalue weighted by Crippen LogP contribution is 2.49. The fourth-order valence-corrected chi connectivity index (χ4v) is 2.86. The summed E-state index contributed by atoms with van der Waals surface area (Å²) in [7, 11) is 5.49. The summed E-state index contributed by atoms with van der Waals surface area (Å²) in [6.45, 7) is 0. The van der Waals surface area contributed by atoms with E-state index in [0.29, 0.717) is 5.56 Å². The number of phenolic OH excluding ortho intramolecular Hbond substituents is 2. The molecule has 1 aromatic heterocycles. The van der Waals surface area contributed by atoms with Crippen molar-refractivity contribution in [2.24, 2.45) is 0 Å². The van der Waals surface area contributed by atoms with Gasteiger partial charge in [0.2, 0.25) is 17.2 Å². The zero-order chi connectivity index (χ0) is 19.7. The summed E-state index contributed by atoms with van der Waals surface area (Å²) in [6.07, 6.45) is 0. The summed E-state index contributed by atoms with van der Waals surface area (Å²) in [5, 5.41) is 20.5. The number of benzene rings is 2. The Morgan fingerprint density at radius 2 is 1.52 bits per heavy atom. The van der Waals surface area contributed by atoms with Crippen LogP contribution in [0.2, 0.25) is 0 Å². The molecule has 27 heavy (non-hydrogen) atoms. The van der Waals surface area contributed by atoms with Crippen molar-refractivity contribution in [2.75, 3.05) is 28.4 Å². The van der Waals surface area contributed by atoms with Gasteiger partial charge in [0.05, 0.1) is 28.4 Å². The number of hydrogen-bond acceptors (Lipinski definition) is 8. The molecule has 0 saturated heterocycles. The first-order valence-corrected chi connectivity index (χ1v) is 7.82. The minimum Gasteiger partial charge on any atom is -0.504 e. The van der Waals surface area contributed by atoms with Gasteiger partial charge in [-0.25, -0.2) is 0 Å². The van der Waals surface area contributed by atoms with Crippen LogP contribution in [0.25, 0.3) is 22.3 Å². The van der Waals surface area contributed by atoms with Crippen molar-refractivity contribution in [3.8, 4) is 45.8 Å². The summed E-state index contributed by atoms with van der Waals surface area (Å²) < 4.78 is 26.5. The quantitative estimate of drug-likeness (QED) is 0.702. The molecule has 142 valence electrons. The molecule has 2 aromatic carbocycles. The molecule has 0 aliphatic rings. The van der Waals surface area contributed by atoms with Gasteiger partial charge in [-0.3, -0.25) is 4.79 Å². The van der Waals surface area contributed by atoms with Gasteiger partial charge in [0.25, 0.3) is 0 Å². The molecule has 0 radical (unpaired) electrons. The van der Waals surface area contributed by atoms with Gasteiger partial charge < -0.3 is 33.6 Å². The van der Waals surface area contributed by atoms with Crippen molar-refractivity contribution in [3.63, 3.8) is 0 Å². The molecule has 0 saturated carbocycles. The number of ether oxygens (including phenoxy) is 4. The van der Waals surface area contributed by atoms with Crippen LogP contribution in [0.3, 0.4) is 0 Å². The van der Waals surface area contributed by atoms with Crippen LogP contribution in [0.5, 0.6) is 34.5 Å². The first-order chi connectivity index (χ1) is 13.0. The van der Waals surface area contributed by atoms with E-state index in [4.69, 9.17) is 23.4 Å². The molecule has 3 aromatic rings. The van der Waals surface area contributed by atoms with Gasteiger partial charge in [-0.05, 0) is 18.2 Å². The van der Waals surface area contributed by atoms with Crippen molar-refractivity contribution in [3.05, 3.63) is 34.5 Å². The van der Waals surface area contributed by atoms with Gasteiger partial charge in [-0.2, -0.15) is 0 Å². The summed E-state index contributed by atoms with van der Waals surface area (Å²) in [4.78, 5) is 12.7. The van der Waals surface area contributed by atoms with Crippen molar-refractivity contribution >= 4 is 11.0 Å². The van der Waals surface area contributed by atoms with Crippen LogP contribution in [0.4, 0.5) is 0 Å². The van der Waals surface area contributed by atoms with E-state index in [0.717, 1.165) is 0 Å². The van der Waals surface area contributed by atoms with E-state index in [1.165, 1.54) is 46.6 Å². The van der Waals surface area contributed by atoms with E-state index in [9.17, 15) is 15.0 Å². The predicted octanol–water partition coefficient (Wildman–Crippen LogP) is 2.91. The van der Waals surface area contributed by atoms with Gasteiger partial charge in [-0.1, -0.05) is 0 Å². The topological polar surface area (TPSA) is 108 Å². The average molecular weight is 374 g/mol. The maximum atomic E-state index is 12.7. The summed E-state index contributed by atoms with van der Waals surface area (Å²) in [5.74, 6) is 0.0217. The minimum atomic E-state index is -0.463. The Morgan fingerprint density at radius 3 is 2.07 bits per heavy atom. The van der Waals surface area contributed by atoms with E-state index in [2.05, 4.69) is 0 Å². The molecule has 0 atom stereocenters. The molecule has 8 nitrogen and oxygen atoms in total. The SMILES string of the molecule is COc1ccc(-c2cc(=O)c3c(OC)c(OC)c(OC)c(O)c3o2)cc1O. The van der Waals surface area contributed by atoms with E-state index in [1.54, 1.807) is 6.07 Å². The molecule has 0 fully saturated rings. The van der Waals surface area contributed by atoms with Crippen molar-refractivity contribution in [2.45, 2.75) is 0 Å². The van der Waals surface area contributed by atoms with Crippen LogP contribution in [0, 0.1) is 0 Å². The lowest BCUT2D eigenvalue weighted by Crippen LogP contribution is -2.05. The average Bonchev–Trinajstić information content (AvgIpc) is 2.67. The third kappa shape index (κ3) is 2.84. The highest BCUT2D eigenvalue weighted by molar-refractivity contribution is 5.95. The maximum absolute atomic E-state index is 12.7. The van der Waals surface area contributed by atoms with Crippen LogP contribution in [-0.2, 0) is 0 Å². The van der Waals surface area contributed by atoms with Crippen molar-refractivity contribution in [1.82, 2.24) is 0 Å². The smallest absolute Gasteiger partial charge is 0.211 e. The second kappa shape index (κ2) is 6.99.